The van der Waals surface area contributed by atoms with Gasteiger partial charge in [-0.05, 0) is 75.4 Å². The van der Waals surface area contributed by atoms with Crippen molar-refractivity contribution in [3.63, 3.8) is 0 Å². The van der Waals surface area contributed by atoms with Crippen molar-refractivity contribution in [3.05, 3.63) is 28.8 Å². The predicted molar refractivity (Wildman–Crippen MR) is 89.0 cm³/mol. The molecule has 0 aromatic heterocycles. The van der Waals surface area contributed by atoms with Crippen molar-refractivity contribution < 1.29 is 8.23 Å². The second-order valence-electron chi connectivity index (χ2n) is 6.00. The van der Waals surface area contributed by atoms with Crippen molar-refractivity contribution in [2.45, 2.75) is 53.5 Å². The summed E-state index contributed by atoms with van der Waals surface area (Å²) in [6, 6.07) is 4.47. The van der Waals surface area contributed by atoms with Crippen molar-refractivity contribution in [1.82, 2.24) is 0 Å². The van der Waals surface area contributed by atoms with Gasteiger partial charge in [0.05, 0.1) is 0 Å². The molecule has 5 heteroatoms. The van der Waals surface area contributed by atoms with Gasteiger partial charge in [0.1, 0.15) is 0 Å². The van der Waals surface area contributed by atoms with E-state index in [1.54, 1.807) is 0 Å². The molecule has 19 heavy (non-hydrogen) atoms. The van der Waals surface area contributed by atoms with Crippen molar-refractivity contribution in [2.24, 2.45) is 0 Å². The summed E-state index contributed by atoms with van der Waals surface area (Å²) in [7, 11) is -3.41. The van der Waals surface area contributed by atoms with E-state index in [1.807, 2.05) is 0 Å². The van der Waals surface area contributed by atoms with Crippen LogP contribution in [0.4, 0.5) is 0 Å². The molecule has 2 nitrogen and oxygen atoms in total. The quantitative estimate of drug-likeness (QED) is 0.776. The van der Waals surface area contributed by atoms with E-state index < -0.39 is 16.9 Å². The summed E-state index contributed by atoms with van der Waals surface area (Å²) in [6.07, 6.45) is 0. The van der Waals surface area contributed by atoms with E-state index in [4.69, 9.17) is 8.23 Å². The van der Waals surface area contributed by atoms with E-state index in [9.17, 15) is 0 Å². The zero-order valence-corrected chi connectivity index (χ0v) is 16.5. The standard InChI is InChI=1S/C14H26O2Si3/c1-11-9-10-14(13(3)12(11)2)18(5,6)16-19(7,8)15-17-4/h9-10H,1-8H3. The summed E-state index contributed by atoms with van der Waals surface area (Å²) in [5.74, 6) is 0. The number of hydrogen-bond donors (Lipinski definition) is 0. The molecule has 106 valence electrons. The Hall–Kier alpha value is -0.209. The SMILES string of the molecule is C[Si]O[Si](C)(C)O[Si](C)(C)c1ccc(C)c(C)c1C. The molecule has 1 aromatic rings. The molecule has 0 aliphatic rings. The lowest BCUT2D eigenvalue weighted by molar-refractivity contribution is 0.415. The van der Waals surface area contributed by atoms with E-state index in [1.165, 1.54) is 21.9 Å². The molecule has 0 N–H and O–H groups in total. The lowest BCUT2D eigenvalue weighted by Gasteiger charge is -2.34. The van der Waals surface area contributed by atoms with Gasteiger partial charge < -0.3 is 8.23 Å². The highest BCUT2D eigenvalue weighted by Crippen LogP contribution is 2.19. The first-order valence-corrected chi connectivity index (χ1v) is 13.9. The average Bonchev–Trinajstić information content (AvgIpc) is 2.23. The van der Waals surface area contributed by atoms with Crippen LogP contribution in [-0.2, 0) is 8.23 Å². The predicted octanol–water partition coefficient (Wildman–Crippen LogP) is 3.43. The van der Waals surface area contributed by atoms with E-state index in [0.717, 1.165) is 0 Å². The van der Waals surface area contributed by atoms with Gasteiger partial charge in [-0.2, -0.15) is 0 Å². The normalized spacial score (nSPS) is 12.8. The smallest absolute Gasteiger partial charge is 0.311 e. The van der Waals surface area contributed by atoms with Crippen molar-refractivity contribution in [2.75, 3.05) is 0 Å². The van der Waals surface area contributed by atoms with E-state index in [-0.39, 0.29) is 0 Å². The first-order valence-electron chi connectivity index (χ1n) is 6.73. The molecule has 1 aromatic carbocycles. The number of hydrogen-bond acceptors (Lipinski definition) is 2. The summed E-state index contributed by atoms with van der Waals surface area (Å²) < 4.78 is 12.3. The lowest BCUT2D eigenvalue weighted by atomic mass is 10.1. The Morgan fingerprint density at radius 1 is 0.947 bits per heavy atom. The van der Waals surface area contributed by atoms with Crippen LogP contribution in [0.15, 0.2) is 12.1 Å². The van der Waals surface area contributed by atoms with Crippen LogP contribution in [0.25, 0.3) is 0 Å². The van der Waals surface area contributed by atoms with Gasteiger partial charge >= 0.3 is 8.56 Å². The third-order valence-corrected chi connectivity index (χ3v) is 12.2. The highest BCUT2D eigenvalue weighted by Gasteiger charge is 2.36. The fraction of sp³-hybridized carbons (Fsp3) is 0.571. The molecule has 0 atom stereocenters. The zero-order valence-electron chi connectivity index (χ0n) is 13.5. The molecule has 0 bridgehead atoms. The van der Waals surface area contributed by atoms with Gasteiger partial charge in [0.15, 0.2) is 0 Å². The van der Waals surface area contributed by atoms with Crippen LogP contribution in [0.5, 0.6) is 0 Å². The van der Waals surface area contributed by atoms with Crippen LogP contribution in [0.2, 0.25) is 32.7 Å². The fourth-order valence-corrected chi connectivity index (χ4v) is 12.0. The fourth-order valence-electron chi connectivity index (χ4n) is 2.54. The molecule has 0 amide bonds. The van der Waals surface area contributed by atoms with Gasteiger partial charge in [0, 0.05) is 0 Å². The van der Waals surface area contributed by atoms with Crippen LogP contribution in [0, 0.1) is 20.8 Å². The Morgan fingerprint density at radius 2 is 1.53 bits per heavy atom. The van der Waals surface area contributed by atoms with Gasteiger partial charge in [-0.15, -0.1) is 0 Å². The Kier molecular flexibility index (Phi) is 5.36. The second-order valence-corrected chi connectivity index (χ2v) is 14.4. The highest BCUT2D eigenvalue weighted by molar-refractivity contribution is 6.91. The van der Waals surface area contributed by atoms with Gasteiger partial charge in [-0.25, -0.2) is 0 Å². The Labute approximate surface area is 122 Å². The largest absolute Gasteiger partial charge is 0.437 e. The summed E-state index contributed by atoms with van der Waals surface area (Å²) in [4.78, 5) is 0. The third kappa shape index (κ3) is 4.13. The Bertz CT molecular complexity index is 456. The van der Waals surface area contributed by atoms with Gasteiger partial charge in [0.2, 0.25) is 18.1 Å². The maximum atomic E-state index is 6.49. The molecule has 2 radical (unpaired) electrons. The summed E-state index contributed by atoms with van der Waals surface area (Å²) >= 11 is 0. The summed E-state index contributed by atoms with van der Waals surface area (Å²) in [5, 5.41) is 1.40. The first kappa shape index (κ1) is 16.8. The van der Waals surface area contributed by atoms with E-state index in [0.29, 0.717) is 9.76 Å². The average molecular weight is 311 g/mol. The lowest BCUT2D eigenvalue weighted by Crippen LogP contribution is -2.55. The molecule has 0 aliphatic carbocycles. The van der Waals surface area contributed by atoms with Crippen molar-refractivity contribution in [1.29, 1.82) is 0 Å². The molecule has 0 fully saturated rings. The molecule has 0 heterocycles. The van der Waals surface area contributed by atoms with Gasteiger partial charge in [-0.3, -0.25) is 0 Å². The topological polar surface area (TPSA) is 18.5 Å². The van der Waals surface area contributed by atoms with Crippen LogP contribution in [0.1, 0.15) is 16.7 Å². The van der Waals surface area contributed by atoms with Crippen LogP contribution in [-0.4, -0.2) is 26.6 Å². The van der Waals surface area contributed by atoms with Crippen LogP contribution < -0.4 is 5.19 Å². The summed E-state index contributed by atoms with van der Waals surface area (Å²) in [5.41, 5.74) is 4.13. The maximum Gasteiger partial charge on any atom is 0.311 e. The minimum absolute atomic E-state index is 0.505. The monoisotopic (exact) mass is 310 g/mol. The Balaban J connectivity index is 3.10. The molecular weight excluding hydrogens is 284 g/mol. The maximum absolute atomic E-state index is 6.49. The van der Waals surface area contributed by atoms with Crippen LogP contribution in [0.3, 0.4) is 0 Å². The molecule has 0 aliphatic heterocycles. The number of aryl methyl sites for hydroxylation is 1. The molecule has 0 unspecified atom stereocenters. The van der Waals surface area contributed by atoms with E-state index in [2.05, 4.69) is 65.6 Å². The molecule has 0 saturated heterocycles. The Morgan fingerprint density at radius 3 is 2.05 bits per heavy atom. The van der Waals surface area contributed by atoms with Gasteiger partial charge in [-0.1, -0.05) is 12.1 Å². The zero-order chi connectivity index (χ0) is 14.8. The van der Waals surface area contributed by atoms with Crippen molar-refractivity contribution >= 4 is 31.8 Å². The summed E-state index contributed by atoms with van der Waals surface area (Å²) in [6.45, 7) is 17.5. The van der Waals surface area contributed by atoms with Gasteiger partial charge in [0.25, 0.3) is 0 Å². The number of rotatable bonds is 5. The molecule has 0 spiro atoms. The molecule has 1 rings (SSSR count). The first-order chi connectivity index (χ1) is 8.60. The highest BCUT2D eigenvalue weighted by atomic mass is 28.5. The number of benzene rings is 1. The third-order valence-electron chi connectivity index (χ3n) is 3.56. The van der Waals surface area contributed by atoms with E-state index >= 15 is 0 Å². The molecular formula is C14H26O2Si3. The van der Waals surface area contributed by atoms with Crippen LogP contribution >= 0.6 is 0 Å². The minimum Gasteiger partial charge on any atom is -0.437 e. The minimum atomic E-state index is -2.00. The molecule has 0 saturated carbocycles. The second kappa shape index (κ2) is 6.05. The van der Waals surface area contributed by atoms with Crippen molar-refractivity contribution in [3.8, 4) is 0 Å².